The molecule has 0 bridgehead atoms. The number of carboxylic acids is 1. The Balaban J connectivity index is 2.67. The van der Waals surface area contributed by atoms with Gasteiger partial charge in [-0.3, -0.25) is 4.79 Å². The minimum Gasteiger partial charge on any atom is -0.480 e. The van der Waals surface area contributed by atoms with Gasteiger partial charge in [0.1, 0.15) is 6.04 Å². The van der Waals surface area contributed by atoms with Crippen LogP contribution in [0.5, 0.6) is 0 Å². The zero-order valence-electron chi connectivity index (χ0n) is 11.0. The topological polar surface area (TPSA) is 92.4 Å². The second-order valence-electron chi connectivity index (χ2n) is 4.57. The van der Waals surface area contributed by atoms with E-state index in [1.54, 1.807) is 44.2 Å². The Morgan fingerprint density at radius 1 is 1.37 bits per heavy atom. The van der Waals surface area contributed by atoms with Gasteiger partial charge in [-0.05, 0) is 29.7 Å². The Bertz CT molecular complexity index is 495. The van der Waals surface area contributed by atoms with E-state index >= 15 is 0 Å². The van der Waals surface area contributed by atoms with Crippen molar-refractivity contribution >= 4 is 23.6 Å². The molecule has 0 fully saturated rings. The normalized spacial score (nSPS) is 12.6. The number of carbonyl (C=O) groups is 2. The zero-order chi connectivity index (χ0) is 14.4. The van der Waals surface area contributed by atoms with Gasteiger partial charge in [0.2, 0.25) is 5.91 Å². The van der Waals surface area contributed by atoms with Gasteiger partial charge >= 0.3 is 5.97 Å². The SMILES string of the molecule is CC(C)[C@@H](NC(=O)/C=C/c1cccc(N)c1)C(=O)O. The minimum atomic E-state index is -1.04. The molecule has 5 nitrogen and oxygen atoms in total. The molecule has 1 aromatic carbocycles. The van der Waals surface area contributed by atoms with Crippen LogP contribution in [0.3, 0.4) is 0 Å². The Labute approximate surface area is 112 Å². The van der Waals surface area contributed by atoms with Crippen molar-refractivity contribution in [1.82, 2.24) is 5.32 Å². The van der Waals surface area contributed by atoms with Crippen molar-refractivity contribution in [3.8, 4) is 0 Å². The third kappa shape index (κ3) is 4.83. The average molecular weight is 262 g/mol. The molecule has 0 radical (unpaired) electrons. The molecule has 102 valence electrons. The lowest BCUT2D eigenvalue weighted by Crippen LogP contribution is -2.43. The summed E-state index contributed by atoms with van der Waals surface area (Å²) < 4.78 is 0. The number of nitrogen functional groups attached to an aromatic ring is 1. The number of carboxylic acid groups (broad SMARTS) is 1. The number of hydrogen-bond donors (Lipinski definition) is 3. The third-order valence-electron chi connectivity index (χ3n) is 2.57. The molecule has 0 aliphatic carbocycles. The molecule has 4 N–H and O–H groups in total. The van der Waals surface area contributed by atoms with Gasteiger partial charge in [-0.1, -0.05) is 26.0 Å². The van der Waals surface area contributed by atoms with Gasteiger partial charge in [0.15, 0.2) is 0 Å². The van der Waals surface area contributed by atoms with Gasteiger partial charge in [-0.15, -0.1) is 0 Å². The van der Waals surface area contributed by atoms with Crippen LogP contribution in [0.2, 0.25) is 0 Å². The van der Waals surface area contributed by atoms with Crippen molar-refractivity contribution in [3.63, 3.8) is 0 Å². The number of nitrogens with one attached hydrogen (secondary N) is 1. The van der Waals surface area contributed by atoms with Gasteiger partial charge in [0, 0.05) is 11.8 Å². The fraction of sp³-hybridized carbons (Fsp3) is 0.286. The molecule has 0 aromatic heterocycles. The first-order valence-corrected chi connectivity index (χ1v) is 5.97. The van der Waals surface area contributed by atoms with E-state index in [2.05, 4.69) is 5.32 Å². The molecule has 0 spiro atoms. The van der Waals surface area contributed by atoms with E-state index in [-0.39, 0.29) is 5.92 Å². The third-order valence-corrected chi connectivity index (χ3v) is 2.57. The summed E-state index contributed by atoms with van der Waals surface area (Å²) in [5.74, 6) is -1.66. The lowest BCUT2D eigenvalue weighted by molar-refractivity contribution is -0.142. The van der Waals surface area contributed by atoms with E-state index in [1.165, 1.54) is 6.08 Å². The molecular formula is C14H18N2O3. The molecule has 19 heavy (non-hydrogen) atoms. The predicted molar refractivity (Wildman–Crippen MR) is 74.3 cm³/mol. The standard InChI is InChI=1S/C14H18N2O3/c1-9(2)13(14(18)19)16-12(17)7-6-10-4-3-5-11(15)8-10/h3-9,13H,15H2,1-2H3,(H,16,17)(H,18,19)/b7-6+/t13-/m1/s1. The summed E-state index contributed by atoms with van der Waals surface area (Å²) in [4.78, 5) is 22.6. The first-order valence-electron chi connectivity index (χ1n) is 5.97. The van der Waals surface area contributed by atoms with Crippen molar-refractivity contribution < 1.29 is 14.7 Å². The molecule has 0 aliphatic heterocycles. The molecule has 0 unspecified atom stereocenters. The van der Waals surface area contributed by atoms with Crippen molar-refractivity contribution in [2.45, 2.75) is 19.9 Å². The van der Waals surface area contributed by atoms with Crippen molar-refractivity contribution in [1.29, 1.82) is 0 Å². The number of amides is 1. The maximum absolute atomic E-state index is 11.6. The molecule has 0 heterocycles. The van der Waals surface area contributed by atoms with Gasteiger partial charge in [-0.25, -0.2) is 4.79 Å². The highest BCUT2D eigenvalue weighted by atomic mass is 16.4. The van der Waals surface area contributed by atoms with Crippen LogP contribution in [-0.2, 0) is 9.59 Å². The van der Waals surface area contributed by atoms with E-state index in [0.29, 0.717) is 5.69 Å². The predicted octanol–water partition coefficient (Wildman–Crippen LogP) is 1.51. The Morgan fingerprint density at radius 2 is 2.05 bits per heavy atom. The molecule has 1 rings (SSSR count). The van der Waals surface area contributed by atoms with Crippen LogP contribution in [0.4, 0.5) is 5.69 Å². The quantitative estimate of drug-likeness (QED) is 0.554. The maximum atomic E-state index is 11.6. The second-order valence-corrected chi connectivity index (χ2v) is 4.57. The number of carbonyl (C=O) groups excluding carboxylic acids is 1. The average Bonchev–Trinajstić information content (AvgIpc) is 2.32. The number of anilines is 1. The van der Waals surface area contributed by atoms with E-state index in [4.69, 9.17) is 10.8 Å². The first-order chi connectivity index (χ1) is 8.90. The lowest BCUT2D eigenvalue weighted by atomic mass is 10.0. The summed E-state index contributed by atoms with van der Waals surface area (Å²) in [5.41, 5.74) is 7.00. The first kappa shape index (κ1) is 14.8. The van der Waals surface area contributed by atoms with Crippen LogP contribution in [-0.4, -0.2) is 23.0 Å². The van der Waals surface area contributed by atoms with Gasteiger partial charge in [0.25, 0.3) is 0 Å². The summed E-state index contributed by atoms with van der Waals surface area (Å²) in [6.45, 7) is 3.47. The van der Waals surface area contributed by atoms with E-state index in [9.17, 15) is 9.59 Å². The maximum Gasteiger partial charge on any atom is 0.326 e. The number of hydrogen-bond acceptors (Lipinski definition) is 3. The van der Waals surface area contributed by atoms with E-state index < -0.39 is 17.9 Å². The molecule has 0 aliphatic rings. The molecular weight excluding hydrogens is 244 g/mol. The highest BCUT2D eigenvalue weighted by Crippen LogP contribution is 2.08. The summed E-state index contributed by atoms with van der Waals surface area (Å²) in [5, 5.41) is 11.4. The molecule has 1 amide bonds. The lowest BCUT2D eigenvalue weighted by Gasteiger charge is -2.16. The zero-order valence-corrected chi connectivity index (χ0v) is 11.0. The monoisotopic (exact) mass is 262 g/mol. The summed E-state index contributed by atoms with van der Waals surface area (Å²) in [6, 6.07) is 6.16. The Hall–Kier alpha value is -2.30. The highest BCUT2D eigenvalue weighted by molar-refractivity contribution is 5.94. The molecule has 0 saturated carbocycles. The number of aliphatic carboxylic acids is 1. The van der Waals surface area contributed by atoms with E-state index in [1.807, 2.05) is 0 Å². The number of rotatable bonds is 5. The second kappa shape index (κ2) is 6.58. The summed E-state index contributed by atoms with van der Waals surface area (Å²) in [7, 11) is 0. The molecule has 1 atom stereocenters. The van der Waals surface area contributed by atoms with Crippen LogP contribution < -0.4 is 11.1 Å². The fourth-order valence-electron chi connectivity index (χ4n) is 1.55. The van der Waals surface area contributed by atoms with Gasteiger partial charge in [-0.2, -0.15) is 0 Å². The highest BCUT2D eigenvalue weighted by Gasteiger charge is 2.22. The molecule has 5 heteroatoms. The van der Waals surface area contributed by atoms with Crippen LogP contribution >= 0.6 is 0 Å². The van der Waals surface area contributed by atoms with Crippen molar-refractivity contribution in [2.75, 3.05) is 5.73 Å². The Morgan fingerprint density at radius 3 is 2.58 bits per heavy atom. The van der Waals surface area contributed by atoms with Gasteiger partial charge in [0.05, 0.1) is 0 Å². The van der Waals surface area contributed by atoms with Crippen molar-refractivity contribution in [2.24, 2.45) is 5.92 Å². The van der Waals surface area contributed by atoms with Crippen LogP contribution in [0.25, 0.3) is 6.08 Å². The number of nitrogens with two attached hydrogens (primary N) is 1. The molecule has 0 saturated heterocycles. The van der Waals surface area contributed by atoms with Gasteiger partial charge < -0.3 is 16.2 Å². The molecule has 1 aromatic rings. The van der Waals surface area contributed by atoms with Crippen LogP contribution in [0.15, 0.2) is 30.3 Å². The largest absolute Gasteiger partial charge is 0.480 e. The summed E-state index contributed by atoms with van der Waals surface area (Å²) in [6.07, 6.45) is 2.89. The van der Waals surface area contributed by atoms with E-state index in [0.717, 1.165) is 5.56 Å². The Kier molecular flexibility index (Phi) is 5.11. The van der Waals surface area contributed by atoms with Crippen LogP contribution in [0.1, 0.15) is 19.4 Å². The van der Waals surface area contributed by atoms with Crippen molar-refractivity contribution in [3.05, 3.63) is 35.9 Å². The minimum absolute atomic E-state index is 0.179. The fourth-order valence-corrected chi connectivity index (χ4v) is 1.55. The smallest absolute Gasteiger partial charge is 0.326 e. The van der Waals surface area contributed by atoms with Crippen LogP contribution in [0, 0.1) is 5.92 Å². The number of benzene rings is 1. The summed E-state index contributed by atoms with van der Waals surface area (Å²) >= 11 is 0.